The first-order chi connectivity index (χ1) is 7.65. The molecule has 0 radical (unpaired) electrons. The third-order valence-corrected chi connectivity index (χ3v) is 3.30. The summed E-state index contributed by atoms with van der Waals surface area (Å²) in [7, 11) is 0. The number of esters is 1. The van der Waals surface area contributed by atoms with Crippen LogP contribution in [0.4, 0.5) is 5.00 Å². The van der Waals surface area contributed by atoms with E-state index in [0.29, 0.717) is 17.2 Å². The van der Waals surface area contributed by atoms with Crippen LogP contribution in [0.2, 0.25) is 0 Å². The highest BCUT2D eigenvalue weighted by molar-refractivity contribution is 7.78. The summed E-state index contributed by atoms with van der Waals surface area (Å²) in [6.07, 6.45) is 0.781. The average Bonchev–Trinajstić information content (AvgIpc) is 2.55. The number of carbonyl (C=O) groups is 1. The molecule has 0 amide bonds. The quantitative estimate of drug-likeness (QED) is 0.469. The third-order valence-electron chi connectivity index (χ3n) is 2.17. The standard InChI is InChI=1S/C11H13NO2S2/c1-4-8-7(3)16-10(12-6-15)9(8)11(13)14-5-2/h4-5H2,1-3H3. The van der Waals surface area contributed by atoms with Crippen LogP contribution in [0.1, 0.15) is 34.6 Å². The number of carbonyl (C=O) groups excluding carboxylic acids is 1. The molecule has 1 rings (SSSR count). The van der Waals surface area contributed by atoms with E-state index in [0.717, 1.165) is 16.9 Å². The van der Waals surface area contributed by atoms with Crippen molar-refractivity contribution in [3.8, 4) is 0 Å². The monoisotopic (exact) mass is 255 g/mol. The van der Waals surface area contributed by atoms with Crippen LogP contribution in [0.5, 0.6) is 0 Å². The Kier molecular flexibility index (Phi) is 4.80. The van der Waals surface area contributed by atoms with Crippen molar-refractivity contribution >= 4 is 39.7 Å². The van der Waals surface area contributed by atoms with Crippen LogP contribution in [-0.2, 0) is 11.2 Å². The molecule has 0 unspecified atom stereocenters. The van der Waals surface area contributed by atoms with Crippen LogP contribution < -0.4 is 0 Å². The van der Waals surface area contributed by atoms with Gasteiger partial charge in [-0.25, -0.2) is 4.79 Å². The largest absolute Gasteiger partial charge is 0.462 e. The van der Waals surface area contributed by atoms with Gasteiger partial charge in [-0.15, -0.1) is 11.3 Å². The number of aliphatic imine (C=N–C) groups is 1. The summed E-state index contributed by atoms with van der Waals surface area (Å²) in [5.74, 6) is -0.326. The molecule has 0 saturated carbocycles. The molecule has 0 aliphatic rings. The Balaban J connectivity index is 3.30. The molecule has 0 bridgehead atoms. The van der Waals surface area contributed by atoms with Gasteiger partial charge >= 0.3 is 5.97 Å². The van der Waals surface area contributed by atoms with Gasteiger partial charge in [0.2, 0.25) is 0 Å². The maximum absolute atomic E-state index is 11.8. The Bertz CT molecular complexity index is 445. The van der Waals surface area contributed by atoms with Crippen molar-refractivity contribution in [2.75, 3.05) is 6.61 Å². The molecule has 0 aliphatic carbocycles. The van der Waals surface area contributed by atoms with Crippen molar-refractivity contribution in [3.63, 3.8) is 0 Å². The molecular formula is C11H13NO2S2. The van der Waals surface area contributed by atoms with Gasteiger partial charge in [0.25, 0.3) is 0 Å². The van der Waals surface area contributed by atoms with Crippen LogP contribution in [0, 0.1) is 6.92 Å². The lowest BCUT2D eigenvalue weighted by atomic mass is 10.1. The summed E-state index contributed by atoms with van der Waals surface area (Å²) >= 11 is 6.02. The van der Waals surface area contributed by atoms with E-state index >= 15 is 0 Å². The Hall–Kier alpha value is -1.03. The number of isothiocyanates is 1. The van der Waals surface area contributed by atoms with E-state index in [1.165, 1.54) is 11.3 Å². The molecule has 1 aromatic heterocycles. The molecule has 3 nitrogen and oxygen atoms in total. The molecule has 0 N–H and O–H groups in total. The second-order valence-electron chi connectivity index (χ2n) is 3.09. The number of thiocarbonyl (C=S) groups is 1. The number of ether oxygens (including phenoxy) is 1. The SMILES string of the molecule is CCOC(=O)c1c(N=C=S)sc(C)c1CC. The van der Waals surface area contributed by atoms with Crippen molar-refractivity contribution < 1.29 is 9.53 Å². The highest BCUT2D eigenvalue weighted by Gasteiger charge is 2.21. The summed E-state index contributed by atoms with van der Waals surface area (Å²) in [5, 5.41) is 2.90. The number of aryl methyl sites for hydroxylation is 1. The van der Waals surface area contributed by atoms with E-state index in [-0.39, 0.29) is 5.97 Å². The fraction of sp³-hybridized carbons (Fsp3) is 0.455. The first-order valence-electron chi connectivity index (χ1n) is 5.02. The average molecular weight is 255 g/mol. The lowest BCUT2D eigenvalue weighted by molar-refractivity contribution is 0.0526. The second-order valence-corrected chi connectivity index (χ2v) is 4.48. The first-order valence-corrected chi connectivity index (χ1v) is 6.25. The van der Waals surface area contributed by atoms with Gasteiger partial charge in [-0.05, 0) is 38.0 Å². The number of rotatable bonds is 4. The molecule has 1 heterocycles. The van der Waals surface area contributed by atoms with Crippen molar-refractivity contribution in [1.29, 1.82) is 0 Å². The van der Waals surface area contributed by atoms with Crippen molar-refractivity contribution in [3.05, 3.63) is 16.0 Å². The summed E-state index contributed by atoms with van der Waals surface area (Å²) < 4.78 is 5.02. The van der Waals surface area contributed by atoms with Gasteiger partial charge in [-0.1, -0.05) is 6.92 Å². The topological polar surface area (TPSA) is 38.7 Å². The van der Waals surface area contributed by atoms with Gasteiger partial charge in [0.15, 0.2) is 0 Å². The minimum absolute atomic E-state index is 0.326. The van der Waals surface area contributed by atoms with E-state index in [2.05, 4.69) is 22.4 Å². The predicted octanol–water partition coefficient (Wildman–Crippen LogP) is 3.53. The van der Waals surface area contributed by atoms with Crippen LogP contribution in [-0.4, -0.2) is 17.7 Å². The molecule has 0 saturated heterocycles. The molecule has 0 spiro atoms. The lowest BCUT2D eigenvalue weighted by Gasteiger charge is -2.03. The fourth-order valence-corrected chi connectivity index (χ4v) is 2.73. The van der Waals surface area contributed by atoms with Crippen molar-refractivity contribution in [2.24, 2.45) is 4.99 Å². The normalized spacial score (nSPS) is 9.69. The molecule has 1 aromatic rings. The van der Waals surface area contributed by atoms with Gasteiger partial charge in [-0.3, -0.25) is 0 Å². The van der Waals surface area contributed by atoms with E-state index in [9.17, 15) is 4.79 Å². The van der Waals surface area contributed by atoms with Gasteiger partial charge in [0.05, 0.1) is 11.8 Å². The number of hydrogen-bond acceptors (Lipinski definition) is 5. The number of thiophene rings is 1. The zero-order chi connectivity index (χ0) is 12.1. The zero-order valence-corrected chi connectivity index (χ0v) is 11.1. The van der Waals surface area contributed by atoms with Crippen molar-refractivity contribution in [2.45, 2.75) is 27.2 Å². The Morgan fingerprint density at radius 3 is 2.75 bits per heavy atom. The fourth-order valence-electron chi connectivity index (χ4n) is 1.52. The predicted molar refractivity (Wildman–Crippen MR) is 69.1 cm³/mol. The number of hydrogen-bond donors (Lipinski definition) is 0. The molecule has 0 aromatic carbocycles. The van der Waals surface area contributed by atoms with Gasteiger partial charge < -0.3 is 4.74 Å². The minimum Gasteiger partial charge on any atom is -0.462 e. The van der Waals surface area contributed by atoms with Crippen molar-refractivity contribution in [1.82, 2.24) is 0 Å². The maximum atomic E-state index is 11.8. The van der Waals surface area contributed by atoms with E-state index in [1.54, 1.807) is 6.92 Å². The van der Waals surface area contributed by atoms with Gasteiger partial charge in [0, 0.05) is 4.88 Å². The third kappa shape index (κ3) is 2.55. The Morgan fingerprint density at radius 2 is 2.25 bits per heavy atom. The molecule has 0 atom stereocenters. The van der Waals surface area contributed by atoms with Crippen LogP contribution in [0.15, 0.2) is 4.99 Å². The summed E-state index contributed by atoms with van der Waals surface area (Å²) in [4.78, 5) is 16.8. The summed E-state index contributed by atoms with van der Waals surface area (Å²) in [6, 6.07) is 0. The molecule has 0 aliphatic heterocycles. The van der Waals surface area contributed by atoms with E-state index < -0.39 is 0 Å². The van der Waals surface area contributed by atoms with E-state index in [4.69, 9.17) is 4.74 Å². The molecule has 0 fully saturated rings. The van der Waals surface area contributed by atoms with Crippen LogP contribution in [0.3, 0.4) is 0 Å². The first kappa shape index (κ1) is 13.0. The molecular weight excluding hydrogens is 242 g/mol. The summed E-state index contributed by atoms with van der Waals surface area (Å²) in [5.41, 5.74) is 1.54. The lowest BCUT2D eigenvalue weighted by Crippen LogP contribution is -2.06. The molecule has 86 valence electrons. The Morgan fingerprint density at radius 1 is 1.56 bits per heavy atom. The van der Waals surface area contributed by atoms with Crippen LogP contribution >= 0.6 is 23.6 Å². The molecule has 16 heavy (non-hydrogen) atoms. The van der Waals surface area contributed by atoms with Gasteiger partial charge in [-0.2, -0.15) is 4.99 Å². The zero-order valence-electron chi connectivity index (χ0n) is 9.49. The Labute approximate surface area is 104 Å². The molecule has 5 heteroatoms. The maximum Gasteiger partial charge on any atom is 0.341 e. The number of nitrogens with zero attached hydrogens (tertiary/aromatic N) is 1. The minimum atomic E-state index is -0.326. The second kappa shape index (κ2) is 5.89. The van der Waals surface area contributed by atoms with Gasteiger partial charge in [0.1, 0.15) is 10.6 Å². The van der Waals surface area contributed by atoms with Crippen LogP contribution in [0.25, 0.3) is 0 Å². The smallest absolute Gasteiger partial charge is 0.341 e. The highest BCUT2D eigenvalue weighted by Crippen LogP contribution is 2.35. The van der Waals surface area contributed by atoms with E-state index in [1.807, 2.05) is 13.8 Å². The summed E-state index contributed by atoms with van der Waals surface area (Å²) in [6.45, 7) is 6.11. The highest BCUT2D eigenvalue weighted by atomic mass is 32.1.